The van der Waals surface area contributed by atoms with Crippen molar-refractivity contribution in [3.8, 4) is 5.75 Å². The van der Waals surface area contributed by atoms with Crippen molar-refractivity contribution in [2.24, 2.45) is 0 Å². The van der Waals surface area contributed by atoms with Gasteiger partial charge in [0.1, 0.15) is 6.61 Å². The van der Waals surface area contributed by atoms with Crippen LogP contribution in [0.3, 0.4) is 0 Å². The highest BCUT2D eigenvalue weighted by Crippen LogP contribution is 2.34. The zero-order chi connectivity index (χ0) is 18.7. The van der Waals surface area contributed by atoms with E-state index >= 15 is 0 Å². The van der Waals surface area contributed by atoms with E-state index < -0.39 is 0 Å². The van der Waals surface area contributed by atoms with Gasteiger partial charge >= 0.3 is 0 Å². The van der Waals surface area contributed by atoms with Gasteiger partial charge in [0.2, 0.25) is 5.91 Å². The van der Waals surface area contributed by atoms with Crippen LogP contribution in [-0.2, 0) is 11.4 Å². The highest BCUT2D eigenvalue weighted by Gasteiger charge is 2.18. The van der Waals surface area contributed by atoms with E-state index in [1.165, 1.54) is 18.3 Å². The highest BCUT2D eigenvalue weighted by atomic mass is 35.5. The summed E-state index contributed by atoms with van der Waals surface area (Å²) >= 11 is 13.6. The fraction of sp³-hybridized carbons (Fsp3) is 0.158. The molecule has 4 nitrogen and oxygen atoms in total. The molecule has 3 aromatic rings. The average molecular weight is 407 g/mol. The molecule has 0 atom stereocenters. The van der Waals surface area contributed by atoms with Crippen LogP contribution in [0.1, 0.15) is 18.2 Å². The summed E-state index contributed by atoms with van der Waals surface area (Å²) in [6, 6.07) is 12.9. The molecule has 0 aliphatic carbocycles. The number of rotatable bonds is 5. The van der Waals surface area contributed by atoms with Gasteiger partial charge in [0.15, 0.2) is 10.9 Å². The molecule has 0 N–H and O–H groups in total. The van der Waals surface area contributed by atoms with Crippen molar-refractivity contribution in [2.75, 3.05) is 4.90 Å². The first kappa shape index (κ1) is 18.7. The summed E-state index contributed by atoms with van der Waals surface area (Å²) in [5.74, 6) is 0.319. The van der Waals surface area contributed by atoms with Gasteiger partial charge in [-0.2, -0.15) is 0 Å². The average Bonchev–Trinajstić information content (AvgIpc) is 3.02. The maximum Gasteiger partial charge on any atom is 0.230 e. The lowest BCUT2D eigenvalue weighted by Gasteiger charge is -2.18. The molecule has 0 aliphatic rings. The Balaban J connectivity index is 1.80. The van der Waals surface area contributed by atoms with Gasteiger partial charge in [0, 0.05) is 12.3 Å². The van der Waals surface area contributed by atoms with E-state index in [-0.39, 0.29) is 12.5 Å². The van der Waals surface area contributed by atoms with Gasteiger partial charge in [-0.25, -0.2) is 4.98 Å². The number of hydrogen-bond acceptors (Lipinski definition) is 4. The predicted molar refractivity (Wildman–Crippen MR) is 107 cm³/mol. The van der Waals surface area contributed by atoms with Gasteiger partial charge < -0.3 is 4.74 Å². The zero-order valence-corrected chi connectivity index (χ0v) is 16.5. The second kappa shape index (κ2) is 8.08. The van der Waals surface area contributed by atoms with E-state index in [2.05, 4.69) is 4.98 Å². The molecule has 3 rings (SSSR count). The van der Waals surface area contributed by atoms with Crippen LogP contribution in [0.2, 0.25) is 10.0 Å². The van der Waals surface area contributed by atoms with E-state index in [9.17, 15) is 4.79 Å². The summed E-state index contributed by atoms with van der Waals surface area (Å²) in [6.45, 7) is 3.71. The molecular formula is C19H16Cl2N2O2S. The maximum absolute atomic E-state index is 12.2. The number of anilines is 2. The smallest absolute Gasteiger partial charge is 0.230 e. The molecule has 0 saturated heterocycles. The molecule has 0 fully saturated rings. The first-order chi connectivity index (χ1) is 12.5. The molecule has 26 heavy (non-hydrogen) atoms. The van der Waals surface area contributed by atoms with Crippen LogP contribution >= 0.6 is 34.5 Å². The molecule has 0 saturated carbocycles. The molecule has 0 unspecified atom stereocenters. The SMILES string of the molecule is CC(=O)N(c1cccc(C)c1)c1nc(COc2c(Cl)cccc2Cl)cs1. The second-order valence-electron chi connectivity index (χ2n) is 5.65. The predicted octanol–water partition coefficient (Wildman–Crippen LogP) is 6.02. The molecule has 1 amide bonds. The molecule has 1 aromatic heterocycles. The van der Waals surface area contributed by atoms with Crippen molar-refractivity contribution in [2.45, 2.75) is 20.5 Å². The zero-order valence-electron chi connectivity index (χ0n) is 14.2. The Hall–Kier alpha value is -2.08. The van der Waals surface area contributed by atoms with E-state index in [4.69, 9.17) is 27.9 Å². The lowest BCUT2D eigenvalue weighted by molar-refractivity contribution is -0.115. The summed E-state index contributed by atoms with van der Waals surface area (Å²) < 4.78 is 5.71. The molecule has 1 heterocycles. The third-order valence-electron chi connectivity index (χ3n) is 3.59. The van der Waals surface area contributed by atoms with E-state index in [1.807, 2.05) is 36.6 Å². The lowest BCUT2D eigenvalue weighted by atomic mass is 10.2. The fourth-order valence-electron chi connectivity index (χ4n) is 2.43. The Bertz CT molecular complexity index is 923. The monoisotopic (exact) mass is 406 g/mol. The van der Waals surface area contributed by atoms with Crippen LogP contribution in [0.4, 0.5) is 10.8 Å². The number of carbonyl (C=O) groups is 1. The number of carbonyl (C=O) groups excluding carboxylic acids is 1. The Kier molecular flexibility index (Phi) is 5.81. The number of aromatic nitrogens is 1. The van der Waals surface area contributed by atoms with Crippen LogP contribution in [-0.4, -0.2) is 10.9 Å². The summed E-state index contributed by atoms with van der Waals surface area (Å²) in [5, 5.41) is 3.33. The molecule has 0 aliphatic heterocycles. The largest absolute Gasteiger partial charge is 0.484 e. The number of ether oxygens (including phenoxy) is 1. The molecule has 134 valence electrons. The number of benzene rings is 2. The van der Waals surface area contributed by atoms with Crippen LogP contribution < -0.4 is 9.64 Å². The minimum absolute atomic E-state index is 0.105. The second-order valence-corrected chi connectivity index (χ2v) is 7.31. The van der Waals surface area contributed by atoms with Gasteiger partial charge in [-0.05, 0) is 36.8 Å². The van der Waals surface area contributed by atoms with Crippen LogP contribution in [0, 0.1) is 6.92 Å². The lowest BCUT2D eigenvalue weighted by Crippen LogP contribution is -2.22. The number of para-hydroxylation sites is 1. The third-order valence-corrected chi connectivity index (χ3v) is 5.06. The molecule has 0 spiro atoms. The topological polar surface area (TPSA) is 42.4 Å². The van der Waals surface area contributed by atoms with Crippen molar-refractivity contribution in [3.63, 3.8) is 0 Å². The molecule has 7 heteroatoms. The van der Waals surface area contributed by atoms with Crippen molar-refractivity contribution >= 4 is 51.3 Å². The van der Waals surface area contributed by atoms with Crippen LogP contribution in [0.25, 0.3) is 0 Å². The van der Waals surface area contributed by atoms with E-state index in [0.29, 0.717) is 26.6 Å². The Morgan fingerprint density at radius 2 is 1.88 bits per heavy atom. The van der Waals surface area contributed by atoms with Crippen LogP contribution in [0.15, 0.2) is 47.8 Å². The van der Waals surface area contributed by atoms with Crippen molar-refractivity contribution in [1.29, 1.82) is 0 Å². The van der Waals surface area contributed by atoms with Crippen molar-refractivity contribution in [3.05, 3.63) is 69.1 Å². The Morgan fingerprint density at radius 1 is 1.19 bits per heavy atom. The van der Waals surface area contributed by atoms with Crippen molar-refractivity contribution in [1.82, 2.24) is 4.98 Å². The van der Waals surface area contributed by atoms with E-state index in [0.717, 1.165) is 11.3 Å². The summed E-state index contributed by atoms with van der Waals surface area (Å²) in [4.78, 5) is 18.3. The van der Waals surface area contributed by atoms with E-state index in [1.54, 1.807) is 23.1 Å². The third kappa shape index (κ3) is 4.18. The van der Waals surface area contributed by atoms with Gasteiger partial charge in [0.25, 0.3) is 0 Å². The number of halogens is 2. The maximum atomic E-state index is 12.2. The van der Waals surface area contributed by atoms with Crippen molar-refractivity contribution < 1.29 is 9.53 Å². The fourth-order valence-corrected chi connectivity index (χ4v) is 3.80. The molecule has 0 radical (unpaired) electrons. The van der Waals surface area contributed by atoms with Crippen LogP contribution in [0.5, 0.6) is 5.75 Å². The molecule has 2 aromatic carbocycles. The minimum atomic E-state index is -0.105. The summed E-state index contributed by atoms with van der Waals surface area (Å²) in [5.41, 5.74) is 2.55. The number of aryl methyl sites for hydroxylation is 1. The number of thiazole rings is 1. The summed E-state index contributed by atoms with van der Waals surface area (Å²) in [6.07, 6.45) is 0. The molecular weight excluding hydrogens is 391 g/mol. The van der Waals surface area contributed by atoms with Gasteiger partial charge in [0.05, 0.1) is 21.4 Å². The summed E-state index contributed by atoms with van der Waals surface area (Å²) in [7, 11) is 0. The number of hydrogen-bond donors (Lipinski definition) is 0. The normalized spacial score (nSPS) is 10.6. The number of amides is 1. The Morgan fingerprint density at radius 3 is 2.54 bits per heavy atom. The molecule has 0 bridgehead atoms. The quantitative estimate of drug-likeness (QED) is 0.519. The Labute approximate surface area is 166 Å². The van der Waals surface area contributed by atoms with Gasteiger partial charge in [-0.1, -0.05) is 41.4 Å². The number of nitrogens with zero attached hydrogens (tertiary/aromatic N) is 2. The van der Waals surface area contributed by atoms with Gasteiger partial charge in [-0.15, -0.1) is 11.3 Å². The first-order valence-electron chi connectivity index (χ1n) is 7.84. The standard InChI is InChI=1S/C19H16Cl2N2O2S/c1-12-5-3-6-15(9-12)23(13(2)24)19-22-14(11-26-19)10-25-18-16(20)7-4-8-17(18)21/h3-9,11H,10H2,1-2H3. The first-order valence-corrected chi connectivity index (χ1v) is 9.48. The minimum Gasteiger partial charge on any atom is -0.484 e. The highest BCUT2D eigenvalue weighted by molar-refractivity contribution is 7.14. The van der Waals surface area contributed by atoms with Gasteiger partial charge in [-0.3, -0.25) is 9.69 Å².